The van der Waals surface area contributed by atoms with Gasteiger partial charge in [0.1, 0.15) is 0 Å². The Morgan fingerprint density at radius 2 is 1.68 bits per heavy atom. The van der Waals surface area contributed by atoms with Gasteiger partial charge < -0.3 is 9.80 Å². The zero-order valence-electron chi connectivity index (χ0n) is 18.8. The maximum absolute atomic E-state index is 4.83. The highest BCUT2D eigenvalue weighted by Gasteiger charge is 2.23. The van der Waals surface area contributed by atoms with Crippen LogP contribution in [-0.2, 0) is 19.3 Å². The average molecular weight is 419 g/mol. The van der Waals surface area contributed by atoms with Crippen molar-refractivity contribution in [2.75, 3.05) is 26.2 Å². The van der Waals surface area contributed by atoms with Crippen LogP contribution in [0.2, 0.25) is 0 Å². The van der Waals surface area contributed by atoms with Gasteiger partial charge in [-0.05, 0) is 62.3 Å². The van der Waals surface area contributed by atoms with E-state index in [1.54, 1.807) is 0 Å². The van der Waals surface area contributed by atoms with Crippen LogP contribution < -0.4 is 0 Å². The number of aromatic nitrogens is 2. The van der Waals surface area contributed by atoms with E-state index < -0.39 is 0 Å². The number of rotatable bonds is 10. The Labute approximate surface area is 186 Å². The average Bonchev–Trinajstić information content (AvgIpc) is 3.36. The number of hydrogen-bond donors (Lipinski definition) is 0. The predicted octanol–water partition coefficient (Wildman–Crippen LogP) is 3.42. The smallest absolute Gasteiger partial charge is 0.0993 e. The first-order chi connectivity index (χ1) is 15.2. The fourth-order valence-electron chi connectivity index (χ4n) is 4.37. The lowest BCUT2D eigenvalue weighted by Gasteiger charge is -2.25. The molecule has 0 saturated carbocycles. The van der Waals surface area contributed by atoms with Gasteiger partial charge in [0, 0.05) is 56.4 Å². The van der Waals surface area contributed by atoms with Crippen LogP contribution in [-0.4, -0.2) is 70.2 Å². The minimum atomic E-state index is 0.494. The van der Waals surface area contributed by atoms with Crippen LogP contribution in [0, 0.1) is 0 Å². The molecule has 31 heavy (non-hydrogen) atoms. The summed E-state index contributed by atoms with van der Waals surface area (Å²) in [5, 5.41) is 0. The van der Waals surface area contributed by atoms with Crippen molar-refractivity contribution in [2.24, 2.45) is 9.98 Å². The first kappa shape index (κ1) is 21.5. The molecule has 4 heterocycles. The van der Waals surface area contributed by atoms with Crippen molar-refractivity contribution in [1.29, 1.82) is 0 Å². The van der Waals surface area contributed by atoms with Crippen molar-refractivity contribution in [2.45, 2.75) is 58.0 Å². The topological polar surface area (TPSA) is 57.0 Å². The Morgan fingerprint density at radius 1 is 0.871 bits per heavy atom. The van der Waals surface area contributed by atoms with Crippen molar-refractivity contribution < 1.29 is 0 Å². The second-order valence-corrected chi connectivity index (χ2v) is 8.78. The summed E-state index contributed by atoms with van der Waals surface area (Å²) < 4.78 is 0. The SMILES string of the molecule is C[C@H]1CN=CN1CCc1cncc(CCCC2=NC[C@H](C)N2CCc2cccnc2)c1. The second kappa shape index (κ2) is 10.5. The third-order valence-electron chi connectivity index (χ3n) is 6.31. The van der Waals surface area contributed by atoms with E-state index in [2.05, 4.69) is 50.7 Å². The van der Waals surface area contributed by atoms with Gasteiger partial charge >= 0.3 is 0 Å². The summed E-state index contributed by atoms with van der Waals surface area (Å²) in [5.74, 6) is 1.27. The van der Waals surface area contributed by atoms with Crippen LogP contribution in [0.1, 0.15) is 43.4 Å². The van der Waals surface area contributed by atoms with Gasteiger partial charge in [-0.1, -0.05) is 12.1 Å². The molecule has 0 bridgehead atoms. The lowest BCUT2D eigenvalue weighted by atomic mass is 10.1. The van der Waals surface area contributed by atoms with Crippen molar-refractivity contribution in [1.82, 2.24) is 19.8 Å². The largest absolute Gasteiger partial charge is 0.358 e. The maximum atomic E-state index is 4.83. The van der Waals surface area contributed by atoms with E-state index in [-0.39, 0.29) is 0 Å². The van der Waals surface area contributed by atoms with Crippen molar-refractivity contribution >= 4 is 12.2 Å². The van der Waals surface area contributed by atoms with Gasteiger partial charge in [-0.25, -0.2) is 0 Å². The molecule has 0 unspecified atom stereocenters. The van der Waals surface area contributed by atoms with Crippen LogP contribution >= 0.6 is 0 Å². The molecule has 0 fully saturated rings. The number of nitrogens with zero attached hydrogens (tertiary/aromatic N) is 6. The Balaban J connectivity index is 1.24. The molecule has 2 atom stereocenters. The highest BCUT2D eigenvalue weighted by atomic mass is 15.3. The van der Waals surface area contributed by atoms with Crippen LogP contribution in [0.4, 0.5) is 0 Å². The molecule has 2 aliphatic heterocycles. The minimum Gasteiger partial charge on any atom is -0.358 e. The summed E-state index contributed by atoms with van der Waals surface area (Å²) in [6.07, 6.45) is 15.0. The lowest BCUT2D eigenvalue weighted by molar-refractivity contribution is 0.360. The second-order valence-electron chi connectivity index (χ2n) is 8.78. The van der Waals surface area contributed by atoms with Gasteiger partial charge in [0.2, 0.25) is 0 Å². The lowest BCUT2D eigenvalue weighted by Crippen LogP contribution is -2.36. The van der Waals surface area contributed by atoms with Gasteiger partial charge in [0.15, 0.2) is 0 Å². The van der Waals surface area contributed by atoms with Crippen molar-refractivity contribution in [3.8, 4) is 0 Å². The van der Waals surface area contributed by atoms with Crippen LogP contribution in [0.3, 0.4) is 0 Å². The number of aryl methyl sites for hydroxylation is 1. The van der Waals surface area contributed by atoms with E-state index in [0.29, 0.717) is 12.1 Å². The summed E-state index contributed by atoms with van der Waals surface area (Å²) in [6, 6.07) is 7.51. The molecule has 0 saturated heterocycles. The zero-order chi connectivity index (χ0) is 21.5. The molecule has 6 nitrogen and oxygen atoms in total. The summed E-state index contributed by atoms with van der Waals surface area (Å²) in [4.78, 5) is 22.7. The predicted molar refractivity (Wildman–Crippen MR) is 127 cm³/mol. The van der Waals surface area contributed by atoms with E-state index in [1.165, 1.54) is 22.5 Å². The fraction of sp³-hybridized carbons (Fsp3) is 0.520. The molecular weight excluding hydrogens is 384 g/mol. The quantitative estimate of drug-likeness (QED) is 0.593. The third-order valence-corrected chi connectivity index (χ3v) is 6.31. The van der Waals surface area contributed by atoms with E-state index in [0.717, 1.165) is 58.3 Å². The van der Waals surface area contributed by atoms with Crippen LogP contribution in [0.15, 0.2) is 53.0 Å². The molecule has 0 aliphatic carbocycles. The van der Waals surface area contributed by atoms with Gasteiger partial charge in [-0.15, -0.1) is 0 Å². The number of hydrogen-bond acceptors (Lipinski definition) is 6. The molecule has 4 rings (SSSR count). The molecule has 2 aromatic rings. The molecule has 0 N–H and O–H groups in total. The van der Waals surface area contributed by atoms with Crippen LogP contribution in [0.25, 0.3) is 0 Å². The van der Waals surface area contributed by atoms with Crippen LogP contribution in [0.5, 0.6) is 0 Å². The molecule has 6 heteroatoms. The van der Waals surface area contributed by atoms with E-state index in [1.807, 2.05) is 37.2 Å². The fourth-order valence-corrected chi connectivity index (χ4v) is 4.37. The first-order valence-electron chi connectivity index (χ1n) is 11.6. The standard InChI is InChI=1S/C25H34N6/c1-20-14-28-19-30(20)11-8-24-13-23(17-27-18-24)5-3-7-25-29-15-21(2)31(25)12-9-22-6-4-10-26-16-22/h4,6,10,13,16-21H,3,5,7-9,11-12,14-15H2,1-2H3/t20-,21-/m0/s1. The third kappa shape index (κ3) is 5.90. The highest BCUT2D eigenvalue weighted by molar-refractivity contribution is 5.84. The number of pyridine rings is 2. The molecule has 164 valence electrons. The summed E-state index contributed by atoms with van der Waals surface area (Å²) >= 11 is 0. The molecule has 2 aromatic heterocycles. The first-order valence-corrected chi connectivity index (χ1v) is 11.6. The van der Waals surface area contributed by atoms with Gasteiger partial charge in [0.25, 0.3) is 0 Å². The van der Waals surface area contributed by atoms with Gasteiger partial charge in [0.05, 0.1) is 25.3 Å². The molecule has 0 radical (unpaired) electrons. The minimum absolute atomic E-state index is 0.494. The molecule has 0 spiro atoms. The molecular formula is C25H34N6. The highest BCUT2D eigenvalue weighted by Crippen LogP contribution is 2.17. The van der Waals surface area contributed by atoms with E-state index in [4.69, 9.17) is 4.99 Å². The molecule has 0 aromatic carbocycles. The van der Waals surface area contributed by atoms with Crippen molar-refractivity contribution in [3.05, 3.63) is 59.7 Å². The normalized spacial score (nSPS) is 20.5. The van der Waals surface area contributed by atoms with Crippen molar-refractivity contribution in [3.63, 3.8) is 0 Å². The van der Waals surface area contributed by atoms with E-state index >= 15 is 0 Å². The van der Waals surface area contributed by atoms with Gasteiger partial charge in [-0.3, -0.25) is 20.0 Å². The number of aliphatic imine (C=N–C) groups is 2. The Bertz CT molecular complexity index is 894. The summed E-state index contributed by atoms with van der Waals surface area (Å²) in [5.41, 5.74) is 3.93. The monoisotopic (exact) mass is 418 g/mol. The maximum Gasteiger partial charge on any atom is 0.0993 e. The molecule has 2 aliphatic rings. The number of amidine groups is 1. The summed E-state index contributed by atoms with van der Waals surface area (Å²) in [6.45, 7) is 8.36. The van der Waals surface area contributed by atoms with E-state index in [9.17, 15) is 0 Å². The summed E-state index contributed by atoms with van der Waals surface area (Å²) in [7, 11) is 0. The Hall–Kier alpha value is -2.76. The van der Waals surface area contributed by atoms with Gasteiger partial charge in [-0.2, -0.15) is 0 Å². The molecule has 0 amide bonds. The zero-order valence-corrected chi connectivity index (χ0v) is 18.8. The Kier molecular flexibility index (Phi) is 7.28. The Morgan fingerprint density at radius 3 is 2.45 bits per heavy atom.